The van der Waals surface area contributed by atoms with Crippen LogP contribution in [0.2, 0.25) is 0 Å². The summed E-state index contributed by atoms with van der Waals surface area (Å²) in [6.07, 6.45) is -18.5. The van der Waals surface area contributed by atoms with Gasteiger partial charge in [-0.05, 0) is 72.8 Å². The van der Waals surface area contributed by atoms with Crippen LogP contribution in [0.5, 0.6) is 46.0 Å². The number of carboxylic acid groups (broad SMARTS) is 1. The molecule has 17 nitrogen and oxygen atoms in total. The Balaban J connectivity index is 0.000000285. The lowest BCUT2D eigenvalue weighted by Crippen LogP contribution is -2.20. The van der Waals surface area contributed by atoms with Gasteiger partial charge in [0, 0.05) is 35.9 Å². The summed E-state index contributed by atoms with van der Waals surface area (Å²) < 4.78 is 237. The fourth-order valence-corrected chi connectivity index (χ4v) is 5.41. The molecule has 0 saturated heterocycles. The van der Waals surface area contributed by atoms with Crippen LogP contribution in [0.25, 0.3) is 0 Å². The molecule has 0 radical (unpaired) electrons. The van der Waals surface area contributed by atoms with Crippen molar-refractivity contribution in [1.82, 2.24) is 9.97 Å². The highest BCUT2D eigenvalue weighted by Crippen LogP contribution is 2.39. The van der Waals surface area contributed by atoms with Crippen molar-refractivity contribution >= 4 is 35.2 Å². The van der Waals surface area contributed by atoms with Crippen molar-refractivity contribution in [2.75, 3.05) is 25.3 Å². The van der Waals surface area contributed by atoms with Crippen molar-refractivity contribution in [3.05, 3.63) is 143 Å². The van der Waals surface area contributed by atoms with E-state index in [9.17, 15) is 85.0 Å². The highest BCUT2D eigenvalue weighted by atomic mass is 19.4. The molecule has 0 bridgehead atoms. The van der Waals surface area contributed by atoms with E-state index in [0.29, 0.717) is 54.2 Å². The number of hydrogen-bond acceptors (Lipinski definition) is 15. The Kier molecular flexibility index (Phi) is 19.3. The number of nitrogens with two attached hydrogens (primary N) is 1. The molecule has 2 aromatic heterocycles. The summed E-state index contributed by atoms with van der Waals surface area (Å²) >= 11 is 0. The number of halogens is 16. The molecule has 0 fully saturated rings. The monoisotopic (exact) mass is 1120 g/mol. The number of amides is 1. The van der Waals surface area contributed by atoms with E-state index in [4.69, 9.17) is 20.3 Å². The van der Waals surface area contributed by atoms with E-state index in [0.717, 1.165) is 37.6 Å². The Morgan fingerprint density at radius 2 is 0.857 bits per heavy atom. The third kappa shape index (κ3) is 18.5. The van der Waals surface area contributed by atoms with Crippen LogP contribution in [0.4, 0.5) is 81.6 Å². The van der Waals surface area contributed by atoms with Crippen molar-refractivity contribution in [1.29, 1.82) is 0 Å². The van der Waals surface area contributed by atoms with Gasteiger partial charge in [0.05, 0.1) is 14.2 Å². The Labute approximate surface area is 417 Å². The van der Waals surface area contributed by atoms with Gasteiger partial charge >= 0.3 is 43.4 Å². The Hall–Kier alpha value is -9.46. The largest absolute Gasteiger partial charge is 0.573 e. The van der Waals surface area contributed by atoms with Crippen molar-refractivity contribution in [2.24, 2.45) is 0 Å². The molecule has 0 aliphatic rings. The molecule has 0 aliphatic carbocycles. The fraction of sp³-hybridized carbons (Fsp3) is 0.136. The Morgan fingerprint density at radius 1 is 0.494 bits per heavy atom. The number of methoxy groups -OCH3 is 2. The first-order chi connectivity index (χ1) is 35.7. The van der Waals surface area contributed by atoms with Crippen LogP contribution in [-0.2, 0) is 9.47 Å². The molecule has 0 unspecified atom stereocenters. The molecule has 412 valence electrons. The molecule has 0 spiro atoms. The van der Waals surface area contributed by atoms with Crippen molar-refractivity contribution in [3.63, 3.8) is 0 Å². The first-order valence-electron chi connectivity index (χ1n) is 19.7. The Morgan fingerprint density at radius 3 is 1.25 bits per heavy atom. The van der Waals surface area contributed by atoms with E-state index in [1.165, 1.54) is 19.4 Å². The van der Waals surface area contributed by atoms with Gasteiger partial charge in [-0.3, -0.25) is 4.79 Å². The van der Waals surface area contributed by atoms with Crippen LogP contribution in [-0.4, -0.2) is 78.6 Å². The smallest absolute Gasteiger partial charge is 0.477 e. The first kappa shape index (κ1) is 60.1. The highest BCUT2D eigenvalue weighted by Gasteiger charge is 2.37. The van der Waals surface area contributed by atoms with Gasteiger partial charge in [0.25, 0.3) is 5.91 Å². The average molecular weight is 1120 g/mol. The maximum absolute atomic E-state index is 15.0. The summed E-state index contributed by atoms with van der Waals surface area (Å²) in [6.45, 7) is 0. The van der Waals surface area contributed by atoms with Crippen LogP contribution < -0.4 is 39.5 Å². The minimum Gasteiger partial charge on any atom is -0.477 e. The predicted octanol–water partition coefficient (Wildman–Crippen LogP) is 11.7. The fourth-order valence-electron chi connectivity index (χ4n) is 5.41. The van der Waals surface area contributed by atoms with Gasteiger partial charge in [0.2, 0.25) is 0 Å². The summed E-state index contributed by atoms with van der Waals surface area (Å²) in [5.74, 6) is -19.9. The number of rotatable bonds is 13. The zero-order valence-corrected chi connectivity index (χ0v) is 37.6. The maximum Gasteiger partial charge on any atom is 0.573 e. The number of carbonyl (C=O) groups is 4. The number of carboxylic acids is 1. The van der Waals surface area contributed by atoms with Crippen LogP contribution in [0.15, 0.2) is 97.3 Å². The van der Waals surface area contributed by atoms with Gasteiger partial charge in [0.15, 0.2) is 46.3 Å². The number of nitrogens with zero attached hydrogens (tertiary/aromatic N) is 2. The molecule has 2 heterocycles. The number of esters is 2. The standard InChI is InChI=1S/C22H12F8N2O6.C15H6F8O5.C7H8N2O2/c1-35-20(34)13-8-10(6-7-31-13)32-19(33)17-15(4-5-16(18(17)24)38-22(28,29)30)36-11-2-3-14(12(23)9-11)37-21(25,26)27;16-7-5-6(1-2-8(7)27-14(18,19)20)26-9-3-4-10(28-15(21,22)23)12(17)11(9)13(24)25;1-11-7(10)6-4-5(8)2-3-9-6/h2-9H,1H3,(H,31,32,33);1-5H,(H,24,25);2-4H,1H3,(H2,8,9). The van der Waals surface area contributed by atoms with Crippen LogP contribution in [0.1, 0.15) is 41.7 Å². The number of anilines is 2. The maximum atomic E-state index is 15.0. The zero-order chi connectivity index (χ0) is 57.8. The molecular weight excluding hydrogens is 1100 g/mol. The van der Waals surface area contributed by atoms with E-state index in [2.05, 4.69) is 43.7 Å². The molecule has 4 N–H and O–H groups in total. The molecule has 4 aromatic carbocycles. The topological polar surface area (TPSA) is 226 Å². The molecule has 6 rings (SSSR count). The summed E-state index contributed by atoms with van der Waals surface area (Å²) in [5, 5.41) is 11.1. The highest BCUT2D eigenvalue weighted by molar-refractivity contribution is 6.07. The van der Waals surface area contributed by atoms with Crippen molar-refractivity contribution in [2.45, 2.75) is 25.4 Å². The van der Waals surface area contributed by atoms with E-state index >= 15 is 4.39 Å². The first-order valence-corrected chi connectivity index (χ1v) is 19.7. The number of carbonyl (C=O) groups excluding carboxylic acids is 3. The quantitative estimate of drug-likeness (QED) is 0.0722. The number of benzene rings is 4. The number of aromatic nitrogens is 2. The number of aromatic carboxylic acids is 1. The zero-order valence-electron chi connectivity index (χ0n) is 37.6. The summed E-state index contributed by atoms with van der Waals surface area (Å²) in [6, 6.07) is 10.6. The van der Waals surface area contributed by atoms with Crippen molar-refractivity contribution in [3.8, 4) is 46.0 Å². The van der Waals surface area contributed by atoms with E-state index in [-0.39, 0.29) is 17.1 Å². The number of hydrogen-bond donors (Lipinski definition) is 3. The normalized spacial score (nSPS) is 11.3. The van der Waals surface area contributed by atoms with Crippen molar-refractivity contribution < 1.29 is 132 Å². The molecule has 1 amide bonds. The second kappa shape index (κ2) is 24.7. The van der Waals surface area contributed by atoms with E-state index < -0.39 is 130 Å². The minimum atomic E-state index is -5.35. The summed E-state index contributed by atoms with van der Waals surface area (Å²) in [4.78, 5) is 53.9. The van der Waals surface area contributed by atoms with Crippen LogP contribution >= 0.6 is 0 Å². The summed E-state index contributed by atoms with van der Waals surface area (Å²) in [7, 11) is 2.35. The number of nitrogens with one attached hydrogen (secondary N) is 1. The summed E-state index contributed by atoms with van der Waals surface area (Å²) in [5.41, 5.74) is 3.14. The molecule has 33 heteroatoms. The molecule has 0 atom stereocenters. The average Bonchev–Trinajstić information content (AvgIpc) is 3.31. The van der Waals surface area contributed by atoms with Gasteiger partial charge in [-0.25, -0.2) is 41.9 Å². The number of pyridine rings is 2. The van der Waals surface area contributed by atoms with Gasteiger partial charge < -0.3 is 54.1 Å². The molecule has 6 aromatic rings. The van der Waals surface area contributed by atoms with E-state index in [1.54, 1.807) is 6.07 Å². The number of nitrogen functional groups attached to an aromatic ring is 1. The Bertz CT molecular complexity index is 3120. The lowest BCUT2D eigenvalue weighted by Gasteiger charge is -2.16. The SMILES string of the molecule is COC(=O)c1cc(N)ccn1.COC(=O)c1cc(NC(=O)c2c(Oc3ccc(OC(F)(F)F)c(F)c3)ccc(OC(F)(F)F)c2F)ccn1.O=C(O)c1c(Oc2ccc(OC(F)(F)F)c(F)c2)ccc(OC(F)(F)F)c1F. The van der Waals surface area contributed by atoms with E-state index in [1.807, 2.05) is 0 Å². The van der Waals surface area contributed by atoms with Gasteiger partial charge in [-0.1, -0.05) is 0 Å². The third-order valence-electron chi connectivity index (χ3n) is 8.33. The number of ether oxygens (including phenoxy) is 8. The lowest BCUT2D eigenvalue weighted by molar-refractivity contribution is -0.276. The van der Waals surface area contributed by atoms with Gasteiger partial charge in [0.1, 0.15) is 45.5 Å². The molecule has 77 heavy (non-hydrogen) atoms. The van der Waals surface area contributed by atoms with Gasteiger partial charge in [-0.2, -0.15) is 0 Å². The van der Waals surface area contributed by atoms with Gasteiger partial charge in [-0.15, -0.1) is 52.7 Å². The van der Waals surface area contributed by atoms with Crippen LogP contribution in [0, 0.1) is 23.3 Å². The second-order valence-corrected chi connectivity index (χ2v) is 13.7. The van der Waals surface area contributed by atoms with Crippen LogP contribution in [0.3, 0.4) is 0 Å². The minimum absolute atomic E-state index is 0.169. The molecule has 0 aliphatic heterocycles. The predicted molar refractivity (Wildman–Crippen MR) is 223 cm³/mol. The number of alkyl halides is 12. The molecule has 0 saturated carbocycles. The second-order valence-electron chi connectivity index (χ2n) is 13.7. The molecular formula is C44H26F16N4O13. The third-order valence-corrected chi connectivity index (χ3v) is 8.33. The lowest BCUT2D eigenvalue weighted by atomic mass is 10.1.